The maximum absolute atomic E-state index is 14.4. The van der Waals surface area contributed by atoms with Gasteiger partial charge in [-0.25, -0.2) is 0 Å². The van der Waals surface area contributed by atoms with Crippen LogP contribution >= 0.6 is 0 Å². The van der Waals surface area contributed by atoms with Gasteiger partial charge in [-0.2, -0.15) is 0 Å². The lowest BCUT2D eigenvalue weighted by Gasteiger charge is -2.42. The molecular formula is C30H48N2O6. The Morgan fingerprint density at radius 2 is 1.87 bits per heavy atom. The number of aliphatic hydroxyl groups is 1. The summed E-state index contributed by atoms with van der Waals surface area (Å²) in [5, 5.41) is 9.13. The molecular weight excluding hydrogens is 484 g/mol. The predicted molar refractivity (Wildman–Crippen MR) is 146 cm³/mol. The minimum Gasteiger partial charge on any atom is -0.465 e. The molecule has 0 aliphatic carbocycles. The number of unbranched alkanes of at least 4 members (excludes halogenated alkanes) is 4. The number of likely N-dealkylation sites (tertiary alicyclic amines) is 1. The van der Waals surface area contributed by atoms with Gasteiger partial charge in [0.15, 0.2) is 0 Å². The zero-order chi connectivity index (χ0) is 28.3. The minimum absolute atomic E-state index is 0.0282. The van der Waals surface area contributed by atoms with E-state index in [0.29, 0.717) is 38.8 Å². The SMILES string of the molecule is C=CCCCOC(=O)[C@@H]1[C@H]2C(=O)N(CCCCCCO)C(C(=O)N(CC=C)C(C)(C)C)C23CC(C)[C@@]1(C)O3. The van der Waals surface area contributed by atoms with Crippen LogP contribution in [0.4, 0.5) is 0 Å². The summed E-state index contributed by atoms with van der Waals surface area (Å²) in [6.07, 6.45) is 8.52. The number of amides is 2. The Morgan fingerprint density at radius 3 is 2.47 bits per heavy atom. The molecule has 0 radical (unpaired) electrons. The summed E-state index contributed by atoms with van der Waals surface area (Å²) >= 11 is 0. The van der Waals surface area contributed by atoms with E-state index in [9.17, 15) is 14.4 Å². The maximum Gasteiger partial charge on any atom is 0.312 e. The van der Waals surface area contributed by atoms with Crippen molar-refractivity contribution in [2.75, 3.05) is 26.3 Å². The van der Waals surface area contributed by atoms with Crippen LogP contribution in [-0.4, -0.2) is 81.8 Å². The second kappa shape index (κ2) is 11.9. The van der Waals surface area contributed by atoms with Crippen molar-refractivity contribution in [3.63, 3.8) is 0 Å². The van der Waals surface area contributed by atoms with E-state index in [1.54, 1.807) is 22.0 Å². The molecule has 3 aliphatic heterocycles. The van der Waals surface area contributed by atoms with Gasteiger partial charge in [-0.3, -0.25) is 14.4 Å². The molecule has 1 N–H and O–H groups in total. The number of aliphatic hydroxyl groups excluding tert-OH is 1. The van der Waals surface area contributed by atoms with Gasteiger partial charge >= 0.3 is 5.97 Å². The number of carbonyl (C=O) groups is 3. The van der Waals surface area contributed by atoms with Gasteiger partial charge in [-0.1, -0.05) is 31.9 Å². The van der Waals surface area contributed by atoms with Gasteiger partial charge in [0, 0.05) is 25.2 Å². The second-order valence-electron chi connectivity index (χ2n) is 12.4. The molecule has 8 nitrogen and oxygen atoms in total. The van der Waals surface area contributed by atoms with Gasteiger partial charge in [0.25, 0.3) is 0 Å². The Labute approximate surface area is 228 Å². The first-order valence-corrected chi connectivity index (χ1v) is 14.2. The third kappa shape index (κ3) is 5.31. The average Bonchev–Trinajstić information content (AvgIpc) is 3.35. The summed E-state index contributed by atoms with van der Waals surface area (Å²) in [7, 11) is 0. The fraction of sp³-hybridized carbons (Fsp3) is 0.767. The second-order valence-corrected chi connectivity index (χ2v) is 12.4. The van der Waals surface area contributed by atoms with Crippen molar-refractivity contribution in [1.29, 1.82) is 0 Å². The molecule has 3 heterocycles. The van der Waals surface area contributed by atoms with Gasteiger partial charge < -0.3 is 24.4 Å². The average molecular weight is 533 g/mol. The molecule has 2 bridgehead atoms. The molecule has 6 atom stereocenters. The van der Waals surface area contributed by atoms with E-state index in [1.807, 2.05) is 34.6 Å². The van der Waals surface area contributed by atoms with Crippen LogP contribution < -0.4 is 0 Å². The predicted octanol–water partition coefficient (Wildman–Crippen LogP) is 3.87. The summed E-state index contributed by atoms with van der Waals surface area (Å²) in [5.41, 5.74) is -2.46. The van der Waals surface area contributed by atoms with Crippen LogP contribution in [0, 0.1) is 17.8 Å². The Morgan fingerprint density at radius 1 is 1.18 bits per heavy atom. The first-order valence-electron chi connectivity index (χ1n) is 14.2. The van der Waals surface area contributed by atoms with Crippen LogP contribution in [0.5, 0.6) is 0 Å². The molecule has 3 rings (SSSR count). The molecule has 3 fully saturated rings. The number of esters is 1. The highest BCUT2D eigenvalue weighted by Gasteiger charge is 2.80. The van der Waals surface area contributed by atoms with Crippen LogP contribution in [0.15, 0.2) is 25.3 Å². The Balaban J connectivity index is 2.00. The van der Waals surface area contributed by atoms with Gasteiger partial charge in [0.2, 0.25) is 11.8 Å². The zero-order valence-electron chi connectivity index (χ0n) is 24.0. The fourth-order valence-corrected chi connectivity index (χ4v) is 6.83. The highest BCUT2D eigenvalue weighted by atomic mass is 16.6. The molecule has 1 spiro atoms. The number of hydrogen-bond donors (Lipinski definition) is 1. The molecule has 0 saturated carbocycles. The monoisotopic (exact) mass is 532 g/mol. The summed E-state index contributed by atoms with van der Waals surface area (Å²) < 4.78 is 12.5. The van der Waals surface area contributed by atoms with E-state index in [-0.39, 0.29) is 30.9 Å². The number of nitrogens with zero attached hydrogens (tertiary/aromatic N) is 2. The molecule has 0 aromatic heterocycles. The van der Waals surface area contributed by atoms with E-state index >= 15 is 0 Å². The number of hydrogen-bond acceptors (Lipinski definition) is 6. The Bertz CT molecular complexity index is 913. The van der Waals surface area contributed by atoms with Crippen LogP contribution in [0.25, 0.3) is 0 Å². The number of rotatable bonds is 14. The molecule has 3 aliphatic rings. The lowest BCUT2D eigenvalue weighted by Crippen LogP contribution is -2.60. The van der Waals surface area contributed by atoms with Gasteiger partial charge in [-0.05, 0) is 65.7 Å². The number of ether oxygens (including phenoxy) is 2. The van der Waals surface area contributed by atoms with Crippen molar-refractivity contribution in [3.8, 4) is 0 Å². The largest absolute Gasteiger partial charge is 0.465 e. The zero-order valence-corrected chi connectivity index (χ0v) is 24.0. The number of carbonyl (C=O) groups excluding carboxylic acids is 3. The third-order valence-corrected chi connectivity index (χ3v) is 8.79. The van der Waals surface area contributed by atoms with Crippen molar-refractivity contribution in [2.45, 2.75) is 102 Å². The highest BCUT2D eigenvalue weighted by molar-refractivity contribution is 5.98. The van der Waals surface area contributed by atoms with Gasteiger partial charge in [0.05, 0.1) is 18.1 Å². The van der Waals surface area contributed by atoms with Crippen molar-refractivity contribution in [2.24, 2.45) is 17.8 Å². The summed E-state index contributed by atoms with van der Waals surface area (Å²) in [6.45, 7) is 18.6. The summed E-state index contributed by atoms with van der Waals surface area (Å²) in [6, 6.07) is -0.820. The fourth-order valence-electron chi connectivity index (χ4n) is 6.83. The lowest BCUT2D eigenvalue weighted by atomic mass is 9.62. The smallest absolute Gasteiger partial charge is 0.312 e. The topological polar surface area (TPSA) is 96.4 Å². The molecule has 3 saturated heterocycles. The normalized spacial score (nSPS) is 31.8. The van der Waals surface area contributed by atoms with Crippen molar-refractivity contribution < 1.29 is 29.0 Å². The van der Waals surface area contributed by atoms with Crippen LogP contribution in [0.1, 0.15) is 79.6 Å². The third-order valence-electron chi connectivity index (χ3n) is 8.79. The standard InChI is InChI=1S/C30H48N2O6/c1-8-10-15-19-37-27(36)23-22-25(34)31(17-13-11-12-14-18-33)24(26(35)32(16-9-2)28(4,5)6)30(22)20-21(3)29(23,7)38-30/h8-9,21-24,33H,1-2,10-20H2,3-7H3/t21?,22-,23-,24?,29+,30?/m0/s1. The van der Waals surface area contributed by atoms with E-state index in [1.165, 1.54) is 0 Å². The van der Waals surface area contributed by atoms with Gasteiger partial charge in [-0.15, -0.1) is 13.2 Å². The molecule has 38 heavy (non-hydrogen) atoms. The number of fused-ring (bicyclic) bond motifs is 1. The van der Waals surface area contributed by atoms with E-state index in [2.05, 4.69) is 13.2 Å². The summed E-state index contributed by atoms with van der Waals surface area (Å²) in [4.78, 5) is 45.5. The van der Waals surface area contributed by atoms with E-state index in [0.717, 1.165) is 19.3 Å². The van der Waals surface area contributed by atoms with Crippen LogP contribution in [0.2, 0.25) is 0 Å². The van der Waals surface area contributed by atoms with Crippen LogP contribution in [0.3, 0.4) is 0 Å². The minimum atomic E-state index is -1.08. The molecule has 2 amide bonds. The highest BCUT2D eigenvalue weighted by Crippen LogP contribution is 2.65. The molecule has 0 aromatic carbocycles. The quantitative estimate of drug-likeness (QED) is 0.207. The van der Waals surface area contributed by atoms with Crippen molar-refractivity contribution in [1.82, 2.24) is 9.80 Å². The van der Waals surface area contributed by atoms with Gasteiger partial charge in [0.1, 0.15) is 17.6 Å². The summed E-state index contributed by atoms with van der Waals surface area (Å²) in [5.74, 6) is -2.33. The van der Waals surface area contributed by atoms with Crippen molar-refractivity contribution >= 4 is 17.8 Å². The van der Waals surface area contributed by atoms with E-state index < -0.39 is 40.6 Å². The first kappa shape index (κ1) is 30.4. The Hall–Kier alpha value is -2.19. The van der Waals surface area contributed by atoms with Crippen LogP contribution in [-0.2, 0) is 23.9 Å². The van der Waals surface area contributed by atoms with Crippen molar-refractivity contribution in [3.05, 3.63) is 25.3 Å². The molecule has 0 aromatic rings. The maximum atomic E-state index is 14.4. The molecule has 3 unspecified atom stereocenters. The first-order chi connectivity index (χ1) is 17.9. The Kier molecular flexibility index (Phi) is 9.51. The van der Waals surface area contributed by atoms with E-state index in [4.69, 9.17) is 14.6 Å². The number of allylic oxidation sites excluding steroid dienone is 1. The lowest BCUT2D eigenvalue weighted by molar-refractivity contribution is -0.163. The molecule has 214 valence electrons. The molecule has 8 heteroatoms.